The first-order valence-corrected chi connectivity index (χ1v) is 10.6. The molecule has 2 rings (SSSR count). The molecule has 0 aliphatic rings. The molecular weight excluding hydrogens is 430 g/mol. The van der Waals surface area contributed by atoms with E-state index in [9.17, 15) is 19.7 Å². The van der Waals surface area contributed by atoms with Gasteiger partial charge in [-0.15, -0.1) is 11.8 Å². The highest BCUT2D eigenvalue weighted by atomic mass is 35.5. The van der Waals surface area contributed by atoms with Gasteiger partial charge >= 0.3 is 0 Å². The molecule has 0 bridgehead atoms. The molecule has 0 radical (unpaired) electrons. The number of nitrogens with zero attached hydrogens (tertiary/aromatic N) is 2. The van der Waals surface area contributed by atoms with E-state index in [4.69, 9.17) is 16.3 Å². The quantitative estimate of drug-likeness (QED) is 0.329. The van der Waals surface area contributed by atoms with Crippen LogP contribution in [-0.2, 0) is 9.59 Å². The number of carbonyl (C=O) groups is 2. The van der Waals surface area contributed by atoms with Crippen LogP contribution in [0.2, 0.25) is 5.02 Å². The Morgan fingerprint density at radius 2 is 1.83 bits per heavy atom. The van der Waals surface area contributed by atoms with Gasteiger partial charge in [0, 0.05) is 35.8 Å². The predicted molar refractivity (Wildman–Crippen MR) is 117 cm³/mol. The van der Waals surface area contributed by atoms with Crippen molar-refractivity contribution >= 4 is 46.6 Å². The van der Waals surface area contributed by atoms with Crippen LogP contribution in [-0.4, -0.2) is 47.1 Å². The van der Waals surface area contributed by atoms with Crippen LogP contribution >= 0.6 is 23.4 Å². The van der Waals surface area contributed by atoms with Crippen molar-refractivity contribution in [2.24, 2.45) is 0 Å². The molecule has 1 N–H and O–H groups in total. The largest absolute Gasteiger partial charge is 0.482 e. The Kier molecular flexibility index (Phi) is 8.94. The van der Waals surface area contributed by atoms with Crippen molar-refractivity contribution in [1.82, 2.24) is 4.90 Å². The van der Waals surface area contributed by atoms with Gasteiger partial charge in [-0.3, -0.25) is 19.7 Å². The average molecular weight is 452 g/mol. The van der Waals surface area contributed by atoms with Crippen molar-refractivity contribution in [3.8, 4) is 5.75 Å². The molecule has 0 atom stereocenters. The molecule has 0 saturated carbocycles. The predicted octanol–water partition coefficient (Wildman–Crippen LogP) is 4.23. The summed E-state index contributed by atoms with van der Waals surface area (Å²) in [6.07, 6.45) is 0. The van der Waals surface area contributed by atoms with E-state index in [0.717, 1.165) is 4.90 Å². The number of nitrogens with one attached hydrogen (secondary N) is 1. The fourth-order valence-electron chi connectivity index (χ4n) is 2.51. The van der Waals surface area contributed by atoms with Crippen LogP contribution in [0.25, 0.3) is 0 Å². The molecule has 0 spiro atoms. The van der Waals surface area contributed by atoms with Gasteiger partial charge in [0.25, 0.3) is 11.6 Å². The maximum Gasteiger partial charge on any atom is 0.269 e. The summed E-state index contributed by atoms with van der Waals surface area (Å²) < 4.78 is 5.49. The summed E-state index contributed by atoms with van der Waals surface area (Å²) in [7, 11) is 0. The maximum atomic E-state index is 12.1. The first-order chi connectivity index (χ1) is 14.3. The second-order valence-corrected chi connectivity index (χ2v) is 7.54. The number of hydrogen-bond acceptors (Lipinski definition) is 6. The van der Waals surface area contributed by atoms with Gasteiger partial charge in [-0.25, -0.2) is 0 Å². The fourth-order valence-corrected chi connectivity index (χ4v) is 3.45. The summed E-state index contributed by atoms with van der Waals surface area (Å²) in [4.78, 5) is 36.7. The molecule has 0 saturated heterocycles. The van der Waals surface area contributed by atoms with Crippen molar-refractivity contribution in [2.75, 3.05) is 30.8 Å². The third-order valence-corrected chi connectivity index (χ3v) is 5.41. The number of halogens is 1. The number of rotatable bonds is 10. The molecule has 2 aromatic rings. The number of anilines is 1. The molecule has 160 valence electrons. The number of ether oxygens (including phenoxy) is 1. The van der Waals surface area contributed by atoms with Gasteiger partial charge in [0.2, 0.25) is 5.91 Å². The van der Waals surface area contributed by atoms with Crippen molar-refractivity contribution < 1.29 is 19.2 Å². The lowest BCUT2D eigenvalue weighted by Gasteiger charge is -2.19. The van der Waals surface area contributed by atoms with Gasteiger partial charge in [0.1, 0.15) is 5.75 Å². The number of hydrogen-bond donors (Lipinski definition) is 1. The van der Waals surface area contributed by atoms with Gasteiger partial charge in [-0.1, -0.05) is 11.6 Å². The van der Waals surface area contributed by atoms with Crippen LogP contribution in [0.5, 0.6) is 5.75 Å². The molecule has 0 aromatic heterocycles. The van der Waals surface area contributed by atoms with Crippen molar-refractivity contribution in [3.63, 3.8) is 0 Å². The number of nitro groups is 1. The number of thioether (sulfide) groups is 1. The molecular formula is C20H22ClN3O5S. The highest BCUT2D eigenvalue weighted by Crippen LogP contribution is 2.28. The normalized spacial score (nSPS) is 10.4. The number of nitro benzene ring substituents is 1. The lowest BCUT2D eigenvalue weighted by atomic mass is 10.3. The van der Waals surface area contributed by atoms with E-state index in [2.05, 4.69) is 5.32 Å². The molecule has 0 aliphatic heterocycles. The highest BCUT2D eigenvalue weighted by molar-refractivity contribution is 8.00. The van der Waals surface area contributed by atoms with E-state index in [1.807, 2.05) is 13.8 Å². The Balaban J connectivity index is 1.86. The van der Waals surface area contributed by atoms with Gasteiger partial charge in [0.05, 0.1) is 15.7 Å². The Morgan fingerprint density at radius 3 is 2.40 bits per heavy atom. The molecule has 0 unspecified atom stereocenters. The SMILES string of the molecule is CCN(CC)C(=O)COc1ccc(NC(=O)CSc2ccc([N+](=O)[O-])cc2)cc1Cl. The topological polar surface area (TPSA) is 102 Å². The van der Waals surface area contributed by atoms with Crippen molar-refractivity contribution in [3.05, 3.63) is 57.6 Å². The maximum absolute atomic E-state index is 12.1. The summed E-state index contributed by atoms with van der Waals surface area (Å²) in [6, 6.07) is 10.8. The van der Waals surface area contributed by atoms with E-state index in [0.29, 0.717) is 24.5 Å². The lowest BCUT2D eigenvalue weighted by Crippen LogP contribution is -2.34. The molecule has 30 heavy (non-hydrogen) atoms. The first kappa shape index (κ1) is 23.5. The molecule has 2 aromatic carbocycles. The van der Waals surface area contributed by atoms with Crippen LogP contribution in [0, 0.1) is 10.1 Å². The van der Waals surface area contributed by atoms with Gasteiger partial charge < -0.3 is 15.0 Å². The van der Waals surface area contributed by atoms with Crippen LogP contribution in [0.15, 0.2) is 47.4 Å². The zero-order valence-electron chi connectivity index (χ0n) is 16.6. The van der Waals surface area contributed by atoms with Crippen LogP contribution < -0.4 is 10.1 Å². The smallest absolute Gasteiger partial charge is 0.269 e. The molecule has 2 amide bonds. The molecule has 0 aliphatic carbocycles. The Morgan fingerprint density at radius 1 is 1.17 bits per heavy atom. The Hall–Kier alpha value is -2.78. The number of amides is 2. The van der Waals surface area contributed by atoms with E-state index in [1.165, 1.54) is 23.9 Å². The second kappa shape index (κ2) is 11.4. The second-order valence-electron chi connectivity index (χ2n) is 6.09. The number of non-ortho nitro benzene ring substituents is 1. The average Bonchev–Trinajstić information content (AvgIpc) is 2.73. The van der Waals surface area contributed by atoms with E-state index < -0.39 is 4.92 Å². The van der Waals surface area contributed by atoms with Crippen molar-refractivity contribution in [2.45, 2.75) is 18.7 Å². The van der Waals surface area contributed by atoms with Crippen LogP contribution in [0.1, 0.15) is 13.8 Å². The molecule has 0 fully saturated rings. The standard InChI is InChI=1S/C20H22ClN3O5S/c1-3-23(4-2)20(26)12-29-18-10-5-14(11-17(18)21)22-19(25)13-30-16-8-6-15(7-9-16)24(27)28/h5-11H,3-4,12-13H2,1-2H3,(H,22,25). The molecule has 0 heterocycles. The monoisotopic (exact) mass is 451 g/mol. The van der Waals surface area contributed by atoms with Crippen molar-refractivity contribution in [1.29, 1.82) is 0 Å². The Labute approximate surface area is 183 Å². The number of benzene rings is 2. The van der Waals surface area contributed by atoms with Gasteiger partial charge in [-0.05, 0) is 44.2 Å². The molecule has 10 heteroatoms. The third kappa shape index (κ3) is 6.93. The van der Waals surface area contributed by atoms with Crippen LogP contribution in [0.4, 0.5) is 11.4 Å². The van der Waals surface area contributed by atoms with E-state index in [1.54, 1.807) is 35.2 Å². The molecule has 8 nitrogen and oxygen atoms in total. The minimum Gasteiger partial charge on any atom is -0.482 e. The summed E-state index contributed by atoms with van der Waals surface area (Å²) in [6.45, 7) is 4.89. The van der Waals surface area contributed by atoms with Gasteiger partial charge in [-0.2, -0.15) is 0 Å². The minimum absolute atomic E-state index is 0.000418. The summed E-state index contributed by atoms with van der Waals surface area (Å²) >= 11 is 7.45. The van der Waals surface area contributed by atoms with E-state index >= 15 is 0 Å². The lowest BCUT2D eigenvalue weighted by molar-refractivity contribution is -0.384. The van der Waals surface area contributed by atoms with E-state index in [-0.39, 0.29) is 34.9 Å². The number of likely N-dealkylation sites (N-methyl/N-ethyl adjacent to an activating group) is 1. The fraction of sp³-hybridized carbons (Fsp3) is 0.300. The minimum atomic E-state index is -0.474. The zero-order chi connectivity index (χ0) is 22.1. The summed E-state index contributed by atoms with van der Waals surface area (Å²) in [5, 5.41) is 13.7. The summed E-state index contributed by atoms with van der Waals surface area (Å²) in [5.41, 5.74) is 0.497. The zero-order valence-corrected chi connectivity index (χ0v) is 18.2. The summed E-state index contributed by atoms with van der Waals surface area (Å²) in [5.74, 6) is 0.110. The van der Waals surface area contributed by atoms with Gasteiger partial charge in [0.15, 0.2) is 6.61 Å². The Bertz CT molecular complexity index is 904. The third-order valence-electron chi connectivity index (χ3n) is 4.10. The first-order valence-electron chi connectivity index (χ1n) is 9.21. The number of carbonyl (C=O) groups excluding carboxylic acids is 2. The van der Waals surface area contributed by atoms with Crippen LogP contribution in [0.3, 0.4) is 0 Å². The highest BCUT2D eigenvalue weighted by Gasteiger charge is 2.12.